The Morgan fingerprint density at radius 2 is 1.79 bits per heavy atom. The van der Waals surface area contributed by atoms with Crippen molar-refractivity contribution in [3.05, 3.63) is 35.4 Å². The van der Waals surface area contributed by atoms with Gasteiger partial charge >= 0.3 is 0 Å². The summed E-state index contributed by atoms with van der Waals surface area (Å²) in [5, 5.41) is 10.5. The molecule has 1 aromatic rings. The van der Waals surface area contributed by atoms with Crippen LogP contribution >= 0.6 is 0 Å². The smallest absolute Gasteiger partial charge is 0.129 e. The third-order valence-corrected chi connectivity index (χ3v) is 4.04. The number of benzene rings is 1. The molecule has 0 amide bonds. The first-order chi connectivity index (χ1) is 8.90. The third kappa shape index (κ3) is 3.12. The van der Waals surface area contributed by atoms with Gasteiger partial charge in [0.25, 0.3) is 0 Å². The number of aliphatic hydroxyl groups excluding tert-OH is 1. The first kappa shape index (κ1) is 16.1. The number of halogens is 2. The molecule has 0 radical (unpaired) electrons. The lowest BCUT2D eigenvalue weighted by Crippen LogP contribution is -2.50. The largest absolute Gasteiger partial charge is 0.386 e. The van der Waals surface area contributed by atoms with Crippen molar-refractivity contribution in [1.82, 2.24) is 4.90 Å². The Balaban J connectivity index is 3.20. The number of rotatable bonds is 6. The first-order valence-electron chi connectivity index (χ1n) is 6.78. The van der Waals surface area contributed by atoms with E-state index in [4.69, 9.17) is 0 Å². The highest BCUT2D eigenvalue weighted by Gasteiger charge is 2.38. The lowest BCUT2D eigenvalue weighted by atomic mass is 9.85. The highest BCUT2D eigenvalue weighted by Crippen LogP contribution is 2.35. The molecule has 1 rings (SSSR count). The van der Waals surface area contributed by atoms with E-state index in [1.54, 1.807) is 0 Å². The summed E-state index contributed by atoms with van der Waals surface area (Å²) in [4.78, 5) is 2.07. The van der Waals surface area contributed by atoms with Crippen molar-refractivity contribution in [2.24, 2.45) is 0 Å². The highest BCUT2D eigenvalue weighted by atomic mass is 19.1. The van der Waals surface area contributed by atoms with Crippen LogP contribution in [0.4, 0.5) is 8.78 Å². The molecule has 0 aromatic heterocycles. The Morgan fingerprint density at radius 1 is 1.21 bits per heavy atom. The van der Waals surface area contributed by atoms with Crippen LogP contribution in [0.25, 0.3) is 0 Å². The van der Waals surface area contributed by atoms with Crippen LogP contribution in [0.1, 0.15) is 45.8 Å². The van der Waals surface area contributed by atoms with Gasteiger partial charge in [0.05, 0.1) is 6.10 Å². The summed E-state index contributed by atoms with van der Waals surface area (Å²) < 4.78 is 27.1. The van der Waals surface area contributed by atoms with Crippen molar-refractivity contribution in [1.29, 1.82) is 0 Å². The predicted molar refractivity (Wildman–Crippen MR) is 72.9 cm³/mol. The second-order valence-corrected chi connectivity index (χ2v) is 4.95. The monoisotopic (exact) mass is 271 g/mol. The van der Waals surface area contributed by atoms with Crippen molar-refractivity contribution < 1.29 is 13.9 Å². The Bertz CT molecular complexity index is 421. The molecule has 2 nitrogen and oxygen atoms in total. The van der Waals surface area contributed by atoms with Gasteiger partial charge < -0.3 is 5.11 Å². The average molecular weight is 271 g/mol. The van der Waals surface area contributed by atoms with Gasteiger partial charge in [-0.25, -0.2) is 8.78 Å². The van der Waals surface area contributed by atoms with Gasteiger partial charge in [-0.2, -0.15) is 0 Å². The minimum absolute atomic E-state index is 0.0243. The Morgan fingerprint density at radius 3 is 2.26 bits per heavy atom. The van der Waals surface area contributed by atoms with Crippen molar-refractivity contribution >= 4 is 0 Å². The van der Waals surface area contributed by atoms with Crippen molar-refractivity contribution in [2.45, 2.75) is 45.8 Å². The number of nitrogens with zero attached hydrogens (tertiary/aromatic N) is 1. The van der Waals surface area contributed by atoms with Gasteiger partial charge in [0.2, 0.25) is 0 Å². The molecular formula is C15H23F2NO. The Labute approximate surface area is 114 Å². The van der Waals surface area contributed by atoms with Gasteiger partial charge in [-0.05, 0) is 44.6 Å². The molecule has 0 aliphatic rings. The predicted octanol–water partition coefficient (Wildman–Crippen LogP) is 3.51. The van der Waals surface area contributed by atoms with Crippen LogP contribution in [0.5, 0.6) is 0 Å². The zero-order chi connectivity index (χ0) is 14.6. The number of hydrogen-bond acceptors (Lipinski definition) is 2. The van der Waals surface area contributed by atoms with Crippen molar-refractivity contribution in [2.75, 3.05) is 13.1 Å². The van der Waals surface area contributed by atoms with E-state index >= 15 is 0 Å². The van der Waals surface area contributed by atoms with Crippen molar-refractivity contribution in [3.8, 4) is 0 Å². The molecular weight excluding hydrogens is 248 g/mol. The van der Waals surface area contributed by atoms with Gasteiger partial charge in [0.15, 0.2) is 0 Å². The Hall–Kier alpha value is -1.00. The topological polar surface area (TPSA) is 23.5 Å². The maximum absolute atomic E-state index is 13.8. The molecule has 0 heterocycles. The standard InChI is InChI=1S/C15H23F2NO/c1-5-15(4,18(6-2)7-3)14(19)12-10-11(16)8-9-13(12)17/h8-10,14,19H,5-7H2,1-4H3. The SMILES string of the molecule is CCN(CC)C(C)(CC)C(O)c1cc(F)ccc1F. The van der Waals surface area contributed by atoms with E-state index < -0.39 is 23.3 Å². The fraction of sp³-hybridized carbons (Fsp3) is 0.600. The summed E-state index contributed by atoms with van der Waals surface area (Å²) in [6.07, 6.45) is -0.417. The van der Waals surface area contributed by atoms with E-state index in [2.05, 4.69) is 4.90 Å². The van der Waals surface area contributed by atoms with Gasteiger partial charge in [0, 0.05) is 11.1 Å². The van der Waals surface area contributed by atoms with Crippen LogP contribution in [0.2, 0.25) is 0 Å². The van der Waals surface area contributed by atoms with Crippen LogP contribution in [-0.2, 0) is 0 Å². The van der Waals surface area contributed by atoms with Gasteiger partial charge in [-0.1, -0.05) is 20.8 Å². The molecule has 2 atom stereocenters. The molecule has 2 unspecified atom stereocenters. The maximum atomic E-state index is 13.8. The molecule has 4 heteroatoms. The lowest BCUT2D eigenvalue weighted by molar-refractivity contribution is -0.0232. The van der Waals surface area contributed by atoms with Crippen LogP contribution in [-0.4, -0.2) is 28.6 Å². The summed E-state index contributed by atoms with van der Waals surface area (Å²) in [6, 6.07) is 3.20. The average Bonchev–Trinajstić information content (AvgIpc) is 2.41. The quantitative estimate of drug-likeness (QED) is 0.856. The van der Waals surface area contributed by atoms with E-state index in [9.17, 15) is 13.9 Å². The normalized spacial score (nSPS) is 16.4. The first-order valence-corrected chi connectivity index (χ1v) is 6.78. The number of aliphatic hydroxyl groups is 1. The molecule has 1 aromatic carbocycles. The third-order valence-electron chi connectivity index (χ3n) is 4.04. The van der Waals surface area contributed by atoms with E-state index in [0.29, 0.717) is 6.42 Å². The molecule has 0 spiro atoms. The van der Waals surface area contributed by atoms with E-state index in [0.717, 1.165) is 31.3 Å². The van der Waals surface area contributed by atoms with E-state index in [1.165, 1.54) is 0 Å². The molecule has 1 N–H and O–H groups in total. The summed E-state index contributed by atoms with van der Waals surface area (Å²) in [6.45, 7) is 9.30. The Kier molecular flexibility index (Phi) is 5.44. The zero-order valence-electron chi connectivity index (χ0n) is 12.1. The highest BCUT2D eigenvalue weighted by molar-refractivity contribution is 5.24. The van der Waals surface area contributed by atoms with Crippen molar-refractivity contribution in [3.63, 3.8) is 0 Å². The molecule has 108 valence electrons. The molecule has 0 saturated heterocycles. The number of hydrogen-bond donors (Lipinski definition) is 1. The van der Waals surface area contributed by atoms with Crippen LogP contribution in [0, 0.1) is 11.6 Å². The second kappa shape index (κ2) is 6.44. The fourth-order valence-electron chi connectivity index (χ4n) is 2.60. The fourth-order valence-corrected chi connectivity index (χ4v) is 2.60. The summed E-state index contributed by atoms with van der Waals surface area (Å²) in [5.41, 5.74) is -0.589. The summed E-state index contributed by atoms with van der Waals surface area (Å²) in [7, 11) is 0. The van der Waals surface area contributed by atoms with Crippen LogP contribution < -0.4 is 0 Å². The van der Waals surface area contributed by atoms with E-state index in [-0.39, 0.29) is 5.56 Å². The second-order valence-electron chi connectivity index (χ2n) is 4.95. The van der Waals surface area contributed by atoms with Gasteiger partial charge in [-0.15, -0.1) is 0 Å². The number of likely N-dealkylation sites (N-methyl/N-ethyl adjacent to an activating group) is 1. The minimum atomic E-state index is -1.06. The molecule has 19 heavy (non-hydrogen) atoms. The van der Waals surface area contributed by atoms with Gasteiger partial charge in [0.1, 0.15) is 11.6 Å². The van der Waals surface area contributed by atoms with Gasteiger partial charge in [-0.3, -0.25) is 4.90 Å². The minimum Gasteiger partial charge on any atom is -0.386 e. The lowest BCUT2D eigenvalue weighted by Gasteiger charge is -2.43. The van der Waals surface area contributed by atoms with Crippen LogP contribution in [0.15, 0.2) is 18.2 Å². The molecule has 0 aliphatic carbocycles. The zero-order valence-corrected chi connectivity index (χ0v) is 12.1. The molecule has 0 saturated carbocycles. The van der Waals surface area contributed by atoms with Crippen LogP contribution in [0.3, 0.4) is 0 Å². The molecule has 0 aliphatic heterocycles. The summed E-state index contributed by atoms with van der Waals surface area (Å²) in [5.74, 6) is -1.10. The summed E-state index contributed by atoms with van der Waals surface area (Å²) >= 11 is 0. The molecule has 0 bridgehead atoms. The molecule has 0 fully saturated rings. The van der Waals surface area contributed by atoms with E-state index in [1.807, 2.05) is 27.7 Å². The maximum Gasteiger partial charge on any atom is 0.129 e.